The zero-order valence-corrected chi connectivity index (χ0v) is 15.1. The van der Waals surface area contributed by atoms with E-state index in [0.29, 0.717) is 28.3 Å². The van der Waals surface area contributed by atoms with Crippen LogP contribution in [0.3, 0.4) is 0 Å². The average molecular weight is 374 g/mol. The van der Waals surface area contributed by atoms with Crippen LogP contribution in [0.15, 0.2) is 23.2 Å². The lowest BCUT2D eigenvalue weighted by Crippen LogP contribution is -2.28. The summed E-state index contributed by atoms with van der Waals surface area (Å²) in [5.74, 6) is -0.0934. The molecule has 1 aliphatic heterocycles. The van der Waals surface area contributed by atoms with Crippen molar-refractivity contribution in [1.82, 2.24) is 5.32 Å². The average Bonchev–Trinajstić information content (AvgIpc) is 2.82. The van der Waals surface area contributed by atoms with Gasteiger partial charge < -0.3 is 10.6 Å². The molecular weight excluding hydrogens is 357 g/mol. The molecule has 1 fully saturated rings. The molecular formula is C15H17Cl2N3O2S. The van der Waals surface area contributed by atoms with Gasteiger partial charge in [-0.15, -0.1) is 0 Å². The summed E-state index contributed by atoms with van der Waals surface area (Å²) >= 11 is 13.2. The Labute approximate surface area is 149 Å². The van der Waals surface area contributed by atoms with E-state index in [1.807, 2.05) is 13.8 Å². The molecule has 0 saturated carbocycles. The highest BCUT2D eigenvalue weighted by Gasteiger charge is 2.32. The number of hydrogen-bond donors (Lipinski definition) is 2. The van der Waals surface area contributed by atoms with Gasteiger partial charge in [-0.2, -0.15) is 0 Å². The molecule has 2 N–H and O–H groups in total. The molecule has 5 nitrogen and oxygen atoms in total. The number of hydrogen-bond acceptors (Lipinski definition) is 4. The monoisotopic (exact) mass is 373 g/mol. The number of amides is 2. The van der Waals surface area contributed by atoms with Gasteiger partial charge in [0.2, 0.25) is 11.8 Å². The van der Waals surface area contributed by atoms with Crippen molar-refractivity contribution in [3.63, 3.8) is 0 Å². The number of rotatable bonds is 5. The fourth-order valence-electron chi connectivity index (χ4n) is 1.85. The molecule has 0 aliphatic carbocycles. The molecule has 2 rings (SSSR count). The fourth-order valence-corrected chi connectivity index (χ4v) is 3.18. The van der Waals surface area contributed by atoms with Crippen molar-refractivity contribution in [1.29, 1.82) is 0 Å². The zero-order valence-electron chi connectivity index (χ0n) is 12.7. The molecule has 1 heterocycles. The molecule has 0 aromatic heterocycles. The van der Waals surface area contributed by atoms with Gasteiger partial charge in [-0.05, 0) is 18.1 Å². The van der Waals surface area contributed by atoms with Crippen molar-refractivity contribution >= 4 is 57.6 Å². The third-order valence-corrected chi connectivity index (χ3v) is 4.91. The second-order valence-electron chi connectivity index (χ2n) is 5.49. The predicted octanol–water partition coefficient (Wildman–Crippen LogP) is 3.57. The normalized spacial score (nSPS) is 19.3. The van der Waals surface area contributed by atoms with E-state index >= 15 is 0 Å². The van der Waals surface area contributed by atoms with Crippen molar-refractivity contribution in [3.8, 4) is 0 Å². The number of benzene rings is 1. The quantitative estimate of drug-likeness (QED) is 0.828. The highest BCUT2D eigenvalue weighted by Crippen LogP contribution is 2.30. The molecule has 1 unspecified atom stereocenters. The largest absolute Gasteiger partial charge is 0.325 e. The third kappa shape index (κ3) is 5.12. The maximum atomic E-state index is 12.1. The number of aliphatic imine (C=N–C) groups is 1. The van der Waals surface area contributed by atoms with Crippen LogP contribution in [0.2, 0.25) is 10.0 Å². The first-order valence-electron chi connectivity index (χ1n) is 7.12. The van der Waals surface area contributed by atoms with Crippen molar-refractivity contribution < 1.29 is 9.59 Å². The third-order valence-electron chi connectivity index (χ3n) is 2.97. The first-order valence-corrected chi connectivity index (χ1v) is 8.76. The number of anilines is 1. The van der Waals surface area contributed by atoms with Crippen LogP contribution in [0.1, 0.15) is 20.3 Å². The second kappa shape index (κ2) is 8.04. The number of halogens is 2. The maximum absolute atomic E-state index is 12.1. The van der Waals surface area contributed by atoms with Crippen molar-refractivity contribution in [2.75, 3.05) is 11.9 Å². The molecule has 1 aromatic rings. The molecule has 23 heavy (non-hydrogen) atoms. The zero-order chi connectivity index (χ0) is 17.0. The van der Waals surface area contributed by atoms with Crippen LogP contribution in [0, 0.1) is 5.92 Å². The number of carbonyl (C=O) groups is 2. The van der Waals surface area contributed by atoms with E-state index in [4.69, 9.17) is 23.2 Å². The van der Waals surface area contributed by atoms with Crippen LogP contribution < -0.4 is 10.6 Å². The molecule has 0 spiro atoms. The molecule has 0 bridgehead atoms. The molecule has 1 saturated heterocycles. The van der Waals surface area contributed by atoms with Gasteiger partial charge in [-0.3, -0.25) is 14.6 Å². The highest BCUT2D eigenvalue weighted by molar-refractivity contribution is 8.15. The predicted molar refractivity (Wildman–Crippen MR) is 96.4 cm³/mol. The van der Waals surface area contributed by atoms with E-state index in [-0.39, 0.29) is 23.3 Å². The van der Waals surface area contributed by atoms with Gasteiger partial charge in [-0.1, -0.05) is 54.9 Å². The van der Waals surface area contributed by atoms with Gasteiger partial charge in [-0.25, -0.2) is 0 Å². The van der Waals surface area contributed by atoms with Crippen LogP contribution in [0.4, 0.5) is 5.69 Å². The molecule has 124 valence electrons. The lowest BCUT2D eigenvalue weighted by Gasteiger charge is -2.09. The number of amidine groups is 1. The number of nitrogens with zero attached hydrogens (tertiary/aromatic N) is 1. The Hall–Kier alpha value is -1.24. The molecule has 8 heteroatoms. The lowest BCUT2D eigenvalue weighted by atomic mass is 10.2. The van der Waals surface area contributed by atoms with Crippen molar-refractivity contribution in [2.24, 2.45) is 10.9 Å². The first-order chi connectivity index (χ1) is 10.9. The van der Waals surface area contributed by atoms with Crippen LogP contribution in [-0.2, 0) is 9.59 Å². The van der Waals surface area contributed by atoms with Crippen molar-refractivity contribution in [3.05, 3.63) is 28.2 Å². The Morgan fingerprint density at radius 3 is 2.87 bits per heavy atom. The summed E-state index contributed by atoms with van der Waals surface area (Å²) in [6.45, 7) is 4.73. The van der Waals surface area contributed by atoms with Gasteiger partial charge in [0.05, 0.1) is 15.7 Å². The van der Waals surface area contributed by atoms with E-state index in [1.165, 1.54) is 11.8 Å². The van der Waals surface area contributed by atoms with E-state index in [2.05, 4.69) is 15.6 Å². The van der Waals surface area contributed by atoms with Gasteiger partial charge in [0, 0.05) is 13.0 Å². The highest BCUT2D eigenvalue weighted by atomic mass is 35.5. The van der Waals surface area contributed by atoms with E-state index in [9.17, 15) is 9.59 Å². The fraction of sp³-hybridized carbons (Fsp3) is 0.400. The first kappa shape index (κ1) is 18.1. The Kier molecular flexibility index (Phi) is 6.33. The Balaban J connectivity index is 1.94. The van der Waals surface area contributed by atoms with Crippen LogP contribution in [0.5, 0.6) is 0 Å². The Morgan fingerprint density at radius 1 is 1.43 bits per heavy atom. The molecule has 0 radical (unpaired) electrons. The number of carbonyl (C=O) groups excluding carboxylic acids is 2. The van der Waals surface area contributed by atoms with E-state index in [1.54, 1.807) is 18.2 Å². The Bertz CT molecular complexity index is 650. The summed E-state index contributed by atoms with van der Waals surface area (Å²) < 4.78 is 0. The summed E-state index contributed by atoms with van der Waals surface area (Å²) in [5, 5.41) is 6.10. The van der Waals surface area contributed by atoms with Gasteiger partial charge in [0.1, 0.15) is 5.25 Å². The van der Waals surface area contributed by atoms with Gasteiger partial charge in [0.25, 0.3) is 0 Å². The standard InChI is InChI=1S/C15H17Cl2N3O2S/c1-8(2)7-18-15-20-14(22)11(23-15)6-12(21)19-10-5-3-4-9(16)13(10)17/h3-5,8,11H,6-7H2,1-2H3,(H,19,21)(H,18,20,22). The van der Waals surface area contributed by atoms with Crippen LogP contribution >= 0.6 is 35.0 Å². The SMILES string of the molecule is CC(C)CN=C1NC(=O)C(CC(=O)Nc2cccc(Cl)c2Cl)S1. The number of nitrogens with one attached hydrogen (secondary N) is 2. The summed E-state index contributed by atoms with van der Waals surface area (Å²) in [6.07, 6.45) is 0.0417. The lowest BCUT2D eigenvalue weighted by molar-refractivity contribution is -0.122. The minimum Gasteiger partial charge on any atom is -0.325 e. The molecule has 1 atom stereocenters. The number of thioether (sulfide) groups is 1. The minimum atomic E-state index is -0.487. The molecule has 1 aromatic carbocycles. The van der Waals surface area contributed by atoms with Gasteiger partial charge >= 0.3 is 0 Å². The summed E-state index contributed by atoms with van der Waals surface area (Å²) in [4.78, 5) is 28.3. The maximum Gasteiger partial charge on any atom is 0.240 e. The summed E-state index contributed by atoms with van der Waals surface area (Å²) in [7, 11) is 0. The van der Waals surface area contributed by atoms with Crippen molar-refractivity contribution in [2.45, 2.75) is 25.5 Å². The van der Waals surface area contributed by atoms with E-state index in [0.717, 1.165) is 0 Å². The molecule has 2 amide bonds. The second-order valence-corrected chi connectivity index (χ2v) is 7.47. The minimum absolute atomic E-state index is 0.0417. The summed E-state index contributed by atoms with van der Waals surface area (Å²) in [6, 6.07) is 4.98. The topological polar surface area (TPSA) is 70.6 Å². The van der Waals surface area contributed by atoms with Crippen LogP contribution in [0.25, 0.3) is 0 Å². The van der Waals surface area contributed by atoms with E-state index < -0.39 is 5.25 Å². The Morgan fingerprint density at radius 2 is 2.17 bits per heavy atom. The van der Waals surface area contributed by atoms with Crippen LogP contribution in [-0.4, -0.2) is 28.8 Å². The summed E-state index contributed by atoms with van der Waals surface area (Å²) in [5.41, 5.74) is 0.432. The smallest absolute Gasteiger partial charge is 0.240 e. The van der Waals surface area contributed by atoms with Gasteiger partial charge in [0.15, 0.2) is 5.17 Å². The molecule has 1 aliphatic rings.